The molecule has 0 aromatic heterocycles. The van der Waals surface area contributed by atoms with Gasteiger partial charge in [-0.05, 0) is 35.9 Å². The van der Waals surface area contributed by atoms with Crippen LogP contribution in [0.15, 0.2) is 35.3 Å². The van der Waals surface area contributed by atoms with Gasteiger partial charge in [-0.1, -0.05) is 23.2 Å². The number of carbonyl (C=O) groups excluding carboxylic acids is 1. The van der Waals surface area contributed by atoms with Crippen molar-refractivity contribution >= 4 is 35.1 Å². The largest absolute Gasteiger partial charge is 0.507 e. The zero-order valence-electron chi connectivity index (χ0n) is 11.5. The molecule has 0 bridgehead atoms. The van der Waals surface area contributed by atoms with Crippen LogP contribution in [0.5, 0.6) is 5.75 Å². The number of halogens is 2. The number of aliphatic imine (C=N–C) groups is 1. The van der Waals surface area contributed by atoms with Crippen LogP contribution in [-0.2, 0) is 0 Å². The van der Waals surface area contributed by atoms with Crippen molar-refractivity contribution in [2.75, 3.05) is 0 Å². The Morgan fingerprint density at radius 2 is 1.78 bits per heavy atom. The molecule has 23 heavy (non-hydrogen) atoms. The van der Waals surface area contributed by atoms with Gasteiger partial charge in [0, 0.05) is 15.6 Å². The summed E-state index contributed by atoms with van der Waals surface area (Å²) in [5, 5.41) is 20.0. The van der Waals surface area contributed by atoms with Gasteiger partial charge in [0.1, 0.15) is 5.75 Å². The van der Waals surface area contributed by atoms with Crippen molar-refractivity contribution in [3.8, 4) is 22.9 Å². The van der Waals surface area contributed by atoms with Gasteiger partial charge < -0.3 is 16.6 Å². The van der Waals surface area contributed by atoms with E-state index in [0.717, 1.165) is 0 Å². The summed E-state index contributed by atoms with van der Waals surface area (Å²) in [5.41, 5.74) is 10.9. The van der Waals surface area contributed by atoms with E-state index in [0.29, 0.717) is 15.6 Å². The molecule has 0 atom stereocenters. The van der Waals surface area contributed by atoms with Crippen molar-refractivity contribution in [2.24, 2.45) is 16.5 Å². The first-order chi connectivity index (χ1) is 10.8. The van der Waals surface area contributed by atoms with E-state index in [-0.39, 0.29) is 22.4 Å². The topological polar surface area (TPSA) is 125 Å². The SMILES string of the molecule is N#Cc1ccc(O)c(C(=O)N=C(N)N)c1-c1cc(Cl)cc(Cl)c1. The zero-order chi connectivity index (χ0) is 17.1. The van der Waals surface area contributed by atoms with Crippen LogP contribution >= 0.6 is 23.2 Å². The molecule has 0 aliphatic rings. The average molecular weight is 349 g/mol. The summed E-state index contributed by atoms with van der Waals surface area (Å²) in [4.78, 5) is 15.6. The van der Waals surface area contributed by atoms with Crippen LogP contribution < -0.4 is 11.5 Å². The van der Waals surface area contributed by atoms with E-state index in [1.807, 2.05) is 6.07 Å². The first-order valence-electron chi connectivity index (χ1n) is 6.20. The summed E-state index contributed by atoms with van der Waals surface area (Å²) in [6.45, 7) is 0. The lowest BCUT2D eigenvalue weighted by Crippen LogP contribution is -2.24. The summed E-state index contributed by atoms with van der Waals surface area (Å²) in [6.07, 6.45) is 0. The second-order valence-electron chi connectivity index (χ2n) is 4.49. The number of aromatic hydroxyl groups is 1. The maximum Gasteiger partial charge on any atom is 0.284 e. The first kappa shape index (κ1) is 16.6. The average Bonchev–Trinajstić information content (AvgIpc) is 2.44. The van der Waals surface area contributed by atoms with E-state index < -0.39 is 11.9 Å². The summed E-state index contributed by atoms with van der Waals surface area (Å²) < 4.78 is 0. The normalized spacial score (nSPS) is 9.96. The second-order valence-corrected chi connectivity index (χ2v) is 5.37. The minimum absolute atomic E-state index is 0.135. The van der Waals surface area contributed by atoms with Gasteiger partial charge in [0.25, 0.3) is 5.91 Å². The van der Waals surface area contributed by atoms with Crippen molar-refractivity contribution in [1.82, 2.24) is 0 Å². The van der Waals surface area contributed by atoms with E-state index in [1.54, 1.807) is 0 Å². The van der Waals surface area contributed by atoms with Gasteiger partial charge >= 0.3 is 0 Å². The lowest BCUT2D eigenvalue weighted by molar-refractivity contribution is 0.100. The number of benzene rings is 2. The Morgan fingerprint density at radius 3 is 2.30 bits per heavy atom. The van der Waals surface area contributed by atoms with Crippen molar-refractivity contribution in [1.29, 1.82) is 5.26 Å². The fourth-order valence-electron chi connectivity index (χ4n) is 2.07. The summed E-state index contributed by atoms with van der Waals surface area (Å²) in [5.74, 6) is -1.72. The molecule has 0 fully saturated rings. The number of phenols is 1. The predicted octanol–water partition coefficient (Wildman–Crippen LogP) is 2.65. The van der Waals surface area contributed by atoms with Crippen molar-refractivity contribution in [3.05, 3.63) is 51.5 Å². The highest BCUT2D eigenvalue weighted by atomic mass is 35.5. The molecule has 0 unspecified atom stereocenters. The van der Waals surface area contributed by atoms with Crippen LogP contribution in [0.25, 0.3) is 11.1 Å². The van der Waals surface area contributed by atoms with Crippen molar-refractivity contribution < 1.29 is 9.90 Å². The number of phenolic OH excluding ortho intramolecular Hbond substituents is 1. The molecule has 1 amide bonds. The van der Waals surface area contributed by atoms with Crippen LogP contribution in [0.4, 0.5) is 0 Å². The molecule has 0 aliphatic carbocycles. The van der Waals surface area contributed by atoms with Crippen molar-refractivity contribution in [3.63, 3.8) is 0 Å². The molecule has 2 aromatic carbocycles. The molecule has 0 saturated carbocycles. The molecule has 0 heterocycles. The van der Waals surface area contributed by atoms with Crippen LogP contribution in [0.3, 0.4) is 0 Å². The number of amides is 1. The molecular formula is C15H10Cl2N4O2. The molecular weight excluding hydrogens is 339 g/mol. The smallest absolute Gasteiger partial charge is 0.284 e. The third-order valence-electron chi connectivity index (χ3n) is 2.90. The molecule has 2 aromatic rings. The fraction of sp³-hybridized carbons (Fsp3) is 0. The van der Waals surface area contributed by atoms with Gasteiger partial charge in [-0.25, -0.2) is 0 Å². The van der Waals surface area contributed by atoms with Gasteiger partial charge in [0.2, 0.25) is 0 Å². The molecule has 0 radical (unpaired) electrons. The minimum Gasteiger partial charge on any atom is -0.507 e. The molecule has 5 N–H and O–H groups in total. The summed E-state index contributed by atoms with van der Waals surface area (Å²) >= 11 is 11.9. The van der Waals surface area contributed by atoms with Gasteiger partial charge in [0.15, 0.2) is 5.96 Å². The van der Waals surface area contributed by atoms with Gasteiger partial charge in [-0.3, -0.25) is 4.79 Å². The second kappa shape index (κ2) is 6.57. The maximum absolute atomic E-state index is 12.2. The Bertz CT molecular complexity index is 848. The van der Waals surface area contributed by atoms with Gasteiger partial charge in [0.05, 0.1) is 17.2 Å². The fourth-order valence-corrected chi connectivity index (χ4v) is 2.60. The molecule has 0 aliphatic heterocycles. The minimum atomic E-state index is -0.884. The number of nitriles is 1. The lowest BCUT2D eigenvalue weighted by atomic mass is 9.93. The highest BCUT2D eigenvalue weighted by Gasteiger charge is 2.21. The molecule has 6 nitrogen and oxygen atoms in total. The van der Waals surface area contributed by atoms with Crippen LogP contribution in [0.1, 0.15) is 15.9 Å². The van der Waals surface area contributed by atoms with E-state index in [2.05, 4.69) is 4.99 Å². The van der Waals surface area contributed by atoms with Gasteiger partial charge in [-0.15, -0.1) is 0 Å². The monoisotopic (exact) mass is 348 g/mol. The first-order valence-corrected chi connectivity index (χ1v) is 6.95. The molecule has 116 valence electrons. The maximum atomic E-state index is 12.2. The third kappa shape index (κ3) is 3.54. The molecule has 0 saturated heterocycles. The lowest BCUT2D eigenvalue weighted by Gasteiger charge is -2.12. The highest BCUT2D eigenvalue weighted by molar-refractivity contribution is 6.35. The number of hydrogen-bond donors (Lipinski definition) is 3. The molecule has 0 spiro atoms. The van der Waals surface area contributed by atoms with E-state index in [4.69, 9.17) is 34.7 Å². The summed E-state index contributed by atoms with van der Waals surface area (Å²) in [6, 6.07) is 9.04. The summed E-state index contributed by atoms with van der Waals surface area (Å²) in [7, 11) is 0. The van der Waals surface area contributed by atoms with Crippen LogP contribution in [0, 0.1) is 11.3 Å². The number of carbonyl (C=O) groups is 1. The Kier molecular flexibility index (Phi) is 4.74. The number of guanidine groups is 1. The van der Waals surface area contributed by atoms with E-state index in [9.17, 15) is 15.2 Å². The highest BCUT2D eigenvalue weighted by Crippen LogP contribution is 2.36. The van der Waals surface area contributed by atoms with Crippen LogP contribution in [0.2, 0.25) is 10.0 Å². The van der Waals surface area contributed by atoms with Crippen molar-refractivity contribution in [2.45, 2.75) is 0 Å². The van der Waals surface area contributed by atoms with Crippen LogP contribution in [-0.4, -0.2) is 17.0 Å². The van der Waals surface area contributed by atoms with E-state index >= 15 is 0 Å². The molecule has 8 heteroatoms. The standard InChI is InChI=1S/C15H10Cl2N4O2/c16-9-3-8(4-10(17)5-9)12-7(6-18)1-2-11(22)13(12)14(23)21-15(19)20/h1-5,22H,(H4,19,20,21,23). The number of nitrogens with two attached hydrogens (primary N) is 2. The van der Waals surface area contributed by atoms with Gasteiger partial charge in [-0.2, -0.15) is 10.3 Å². The quantitative estimate of drug-likeness (QED) is 0.568. The third-order valence-corrected chi connectivity index (χ3v) is 3.34. The zero-order valence-corrected chi connectivity index (χ0v) is 13.1. The molecule has 2 rings (SSSR count). The number of rotatable bonds is 2. The Hall–Kier alpha value is -2.75. The van der Waals surface area contributed by atoms with E-state index in [1.165, 1.54) is 30.3 Å². The Labute approximate surface area is 141 Å². The predicted molar refractivity (Wildman–Crippen MR) is 88.4 cm³/mol. The Morgan fingerprint density at radius 1 is 1.17 bits per heavy atom. The number of hydrogen-bond acceptors (Lipinski definition) is 3. The number of nitrogens with zero attached hydrogens (tertiary/aromatic N) is 2. The Balaban J connectivity index is 2.85.